The normalized spacial score (nSPS) is 21.7. The second-order valence-electron chi connectivity index (χ2n) is 8.42. The van der Waals surface area contributed by atoms with Gasteiger partial charge in [0.2, 0.25) is 5.91 Å². The van der Waals surface area contributed by atoms with Crippen LogP contribution in [0.1, 0.15) is 24.8 Å². The smallest absolute Gasteiger partial charge is 0.245 e. The number of carbonyl (C=O) groups excluding carboxylic acids is 2. The maximum atomic E-state index is 13.8. The number of nitriles is 1. The van der Waals surface area contributed by atoms with Crippen LogP contribution in [0.2, 0.25) is 0 Å². The number of hydrogen-bond donors (Lipinski definition) is 1. The van der Waals surface area contributed by atoms with Crippen LogP contribution in [0.25, 0.3) is 5.82 Å². The molecule has 1 aromatic heterocycles. The average Bonchev–Trinajstić information content (AvgIpc) is 3.47. The summed E-state index contributed by atoms with van der Waals surface area (Å²) < 4.78 is 1.87. The van der Waals surface area contributed by atoms with E-state index in [2.05, 4.69) is 11.4 Å². The van der Waals surface area contributed by atoms with Gasteiger partial charge >= 0.3 is 0 Å². The molecule has 0 bridgehead atoms. The number of Topliss-reactive ketones (excluding diaryl/α,β-unsaturated/α-hetero) is 1. The van der Waals surface area contributed by atoms with Crippen molar-refractivity contribution in [3.8, 4) is 6.07 Å². The highest BCUT2D eigenvalue weighted by atomic mass is 16.2. The summed E-state index contributed by atoms with van der Waals surface area (Å²) in [6, 6.07) is 23.2. The largest absolute Gasteiger partial charge is 0.324 e. The Bertz CT molecular complexity index is 1410. The molecular weight excluding hydrogens is 412 g/mol. The van der Waals surface area contributed by atoms with E-state index in [1.165, 1.54) is 0 Å². The molecule has 1 aliphatic carbocycles. The van der Waals surface area contributed by atoms with E-state index in [1.807, 2.05) is 88.6 Å². The third-order valence-electron chi connectivity index (χ3n) is 6.74. The van der Waals surface area contributed by atoms with Crippen LogP contribution in [-0.4, -0.2) is 16.3 Å². The van der Waals surface area contributed by atoms with E-state index in [0.29, 0.717) is 41.9 Å². The second kappa shape index (κ2) is 7.07. The van der Waals surface area contributed by atoms with E-state index < -0.39 is 5.41 Å². The van der Waals surface area contributed by atoms with Crippen LogP contribution in [-0.2, 0) is 15.0 Å². The van der Waals surface area contributed by atoms with Crippen LogP contribution in [0.3, 0.4) is 0 Å². The fraction of sp³-hybridized carbons (Fsp3) is 0.148. The zero-order valence-corrected chi connectivity index (χ0v) is 17.8. The maximum Gasteiger partial charge on any atom is 0.245 e. The van der Waals surface area contributed by atoms with Crippen LogP contribution in [0.15, 0.2) is 96.0 Å². The van der Waals surface area contributed by atoms with Crippen LogP contribution in [0.5, 0.6) is 0 Å². The summed E-state index contributed by atoms with van der Waals surface area (Å²) in [6.07, 6.45) is 5.42. The number of aromatic nitrogens is 1. The number of ketones is 1. The molecule has 2 aliphatic heterocycles. The molecular formula is C27H20N4O2. The van der Waals surface area contributed by atoms with E-state index in [0.717, 1.165) is 11.4 Å². The predicted octanol–water partition coefficient (Wildman–Crippen LogP) is 4.60. The van der Waals surface area contributed by atoms with Gasteiger partial charge in [-0.05, 0) is 43.2 Å². The van der Waals surface area contributed by atoms with Crippen LogP contribution >= 0.6 is 0 Å². The number of amides is 1. The van der Waals surface area contributed by atoms with Crippen molar-refractivity contribution in [2.24, 2.45) is 0 Å². The SMILES string of the molecule is N#CC1=C(n2cccc2)N(c2ccccc2)C2=C(C(=O)CCC2)C12C(=O)Nc1ccccc12. The van der Waals surface area contributed by atoms with Crippen LogP contribution < -0.4 is 10.2 Å². The van der Waals surface area contributed by atoms with Gasteiger partial charge in [-0.15, -0.1) is 0 Å². The van der Waals surface area contributed by atoms with Crippen LogP contribution in [0.4, 0.5) is 11.4 Å². The third kappa shape index (κ3) is 2.48. The quantitative estimate of drug-likeness (QED) is 0.642. The van der Waals surface area contributed by atoms with E-state index in [1.54, 1.807) is 0 Å². The number of anilines is 2. The second-order valence-corrected chi connectivity index (χ2v) is 8.42. The Balaban J connectivity index is 1.79. The predicted molar refractivity (Wildman–Crippen MR) is 125 cm³/mol. The molecule has 1 spiro atoms. The Labute approximate surface area is 191 Å². The van der Waals surface area contributed by atoms with Gasteiger partial charge in [-0.25, -0.2) is 0 Å². The van der Waals surface area contributed by atoms with Gasteiger partial charge in [0, 0.05) is 47.0 Å². The van der Waals surface area contributed by atoms with Crippen molar-refractivity contribution in [2.75, 3.05) is 10.2 Å². The maximum absolute atomic E-state index is 13.8. The molecule has 0 fully saturated rings. The monoisotopic (exact) mass is 432 g/mol. The molecule has 3 aliphatic rings. The fourth-order valence-corrected chi connectivity index (χ4v) is 5.47. The molecule has 1 unspecified atom stereocenters. The molecule has 6 rings (SSSR count). The molecule has 3 heterocycles. The number of nitrogens with one attached hydrogen (secondary N) is 1. The van der Waals surface area contributed by atoms with Gasteiger partial charge in [-0.3, -0.25) is 14.5 Å². The molecule has 1 atom stereocenters. The Kier molecular flexibility index (Phi) is 4.14. The van der Waals surface area contributed by atoms with Gasteiger partial charge in [0.1, 0.15) is 17.3 Å². The minimum Gasteiger partial charge on any atom is -0.324 e. The first-order chi connectivity index (χ1) is 16.2. The van der Waals surface area contributed by atoms with E-state index in [4.69, 9.17) is 0 Å². The lowest BCUT2D eigenvalue weighted by molar-refractivity contribution is -0.122. The number of benzene rings is 2. The van der Waals surface area contributed by atoms with Crippen molar-refractivity contribution in [3.63, 3.8) is 0 Å². The Morgan fingerprint density at radius 2 is 1.64 bits per heavy atom. The molecule has 33 heavy (non-hydrogen) atoms. The Morgan fingerprint density at radius 3 is 2.39 bits per heavy atom. The van der Waals surface area contributed by atoms with Gasteiger partial charge in [0.05, 0.1) is 5.57 Å². The van der Waals surface area contributed by atoms with Crippen molar-refractivity contribution >= 4 is 28.9 Å². The van der Waals surface area contributed by atoms with Gasteiger partial charge in [-0.1, -0.05) is 36.4 Å². The van der Waals surface area contributed by atoms with Gasteiger partial charge < -0.3 is 9.88 Å². The highest BCUT2D eigenvalue weighted by molar-refractivity contribution is 6.21. The summed E-state index contributed by atoms with van der Waals surface area (Å²) >= 11 is 0. The minimum atomic E-state index is -1.47. The zero-order chi connectivity index (χ0) is 22.6. The van der Waals surface area contributed by atoms with E-state index >= 15 is 0 Å². The number of allylic oxidation sites excluding steroid dienone is 1. The molecule has 6 nitrogen and oxygen atoms in total. The molecule has 0 saturated carbocycles. The van der Waals surface area contributed by atoms with Crippen LogP contribution in [0, 0.1) is 11.3 Å². The lowest BCUT2D eigenvalue weighted by Gasteiger charge is -2.44. The molecule has 6 heteroatoms. The lowest BCUT2D eigenvalue weighted by Crippen LogP contribution is -2.49. The average molecular weight is 432 g/mol. The van der Waals surface area contributed by atoms with Crippen molar-refractivity contribution < 1.29 is 9.59 Å². The first kappa shape index (κ1) is 19.3. The summed E-state index contributed by atoms with van der Waals surface area (Å²) in [7, 11) is 0. The number of hydrogen-bond acceptors (Lipinski definition) is 4. The van der Waals surface area contributed by atoms with Crippen molar-refractivity contribution in [2.45, 2.75) is 24.7 Å². The summed E-state index contributed by atoms with van der Waals surface area (Å²) in [5, 5.41) is 13.6. The first-order valence-electron chi connectivity index (χ1n) is 11.0. The Hall–Kier alpha value is -4.37. The molecule has 0 radical (unpaired) electrons. The van der Waals surface area contributed by atoms with Gasteiger partial charge in [0.25, 0.3) is 0 Å². The van der Waals surface area contributed by atoms with E-state index in [-0.39, 0.29) is 17.3 Å². The molecule has 1 amide bonds. The molecule has 160 valence electrons. The van der Waals surface area contributed by atoms with Gasteiger partial charge in [-0.2, -0.15) is 5.26 Å². The Morgan fingerprint density at radius 1 is 0.909 bits per heavy atom. The summed E-state index contributed by atoms with van der Waals surface area (Å²) in [5.74, 6) is 0.151. The minimum absolute atomic E-state index is 0.0802. The summed E-state index contributed by atoms with van der Waals surface area (Å²) in [5.41, 5.74) is 2.13. The first-order valence-corrected chi connectivity index (χ1v) is 11.0. The highest BCUT2D eigenvalue weighted by Crippen LogP contribution is 2.56. The molecule has 2 aromatic carbocycles. The highest BCUT2D eigenvalue weighted by Gasteiger charge is 2.60. The zero-order valence-electron chi connectivity index (χ0n) is 17.8. The molecule has 1 N–H and O–H groups in total. The van der Waals surface area contributed by atoms with Gasteiger partial charge in [0.15, 0.2) is 5.78 Å². The lowest BCUT2D eigenvalue weighted by atomic mass is 9.63. The number of nitrogens with zero attached hydrogens (tertiary/aromatic N) is 3. The third-order valence-corrected chi connectivity index (χ3v) is 6.74. The molecule has 0 saturated heterocycles. The molecule has 3 aromatic rings. The summed E-state index contributed by atoms with van der Waals surface area (Å²) in [4.78, 5) is 29.4. The number of carbonyl (C=O) groups is 2. The van der Waals surface area contributed by atoms with Crippen molar-refractivity contribution in [3.05, 3.63) is 102 Å². The van der Waals surface area contributed by atoms with Crippen molar-refractivity contribution in [1.82, 2.24) is 4.57 Å². The number of rotatable bonds is 2. The topological polar surface area (TPSA) is 78.1 Å². The van der Waals surface area contributed by atoms with E-state index in [9.17, 15) is 14.9 Å². The fourth-order valence-electron chi connectivity index (χ4n) is 5.47. The number of fused-ring (bicyclic) bond motifs is 3. The standard InChI is InChI=1S/C27H20N4O2/c28-17-20-25(30-15-6-7-16-30)31(18-9-2-1-3-10-18)22-13-8-14-23(32)24(22)27(20)19-11-4-5-12-21(19)29-26(27)33/h1-7,9-12,15-16H,8,13-14H2,(H,29,33). The number of para-hydroxylation sites is 2. The summed E-state index contributed by atoms with van der Waals surface area (Å²) in [6.45, 7) is 0. The van der Waals surface area contributed by atoms with Crippen molar-refractivity contribution in [1.29, 1.82) is 5.26 Å².